The predicted molar refractivity (Wildman–Crippen MR) is 103 cm³/mol. The molecular formula is C19H25Cl2N3O2. The van der Waals surface area contributed by atoms with E-state index in [4.69, 9.17) is 23.2 Å². The van der Waals surface area contributed by atoms with E-state index in [2.05, 4.69) is 5.32 Å². The van der Waals surface area contributed by atoms with Crippen LogP contribution >= 0.6 is 23.2 Å². The Labute approximate surface area is 164 Å². The summed E-state index contributed by atoms with van der Waals surface area (Å²) >= 11 is 12.2. The zero-order chi connectivity index (χ0) is 18.8. The monoisotopic (exact) mass is 397 g/mol. The van der Waals surface area contributed by atoms with Crippen molar-refractivity contribution in [2.75, 3.05) is 19.6 Å². The van der Waals surface area contributed by atoms with Crippen molar-refractivity contribution in [3.8, 4) is 0 Å². The molecule has 0 aromatic heterocycles. The van der Waals surface area contributed by atoms with Crippen molar-refractivity contribution in [1.82, 2.24) is 15.1 Å². The molecule has 142 valence electrons. The number of benzene rings is 1. The molecule has 26 heavy (non-hydrogen) atoms. The van der Waals surface area contributed by atoms with Gasteiger partial charge in [0.25, 0.3) is 5.91 Å². The molecule has 1 aromatic carbocycles. The maximum absolute atomic E-state index is 13.2. The van der Waals surface area contributed by atoms with Gasteiger partial charge in [0.2, 0.25) is 5.91 Å². The number of nitrogens with one attached hydrogen (secondary N) is 1. The normalized spacial score (nSPS) is 27.3. The average Bonchev–Trinajstić information content (AvgIpc) is 2.61. The van der Waals surface area contributed by atoms with Crippen molar-refractivity contribution in [3.05, 3.63) is 34.9 Å². The first kappa shape index (κ1) is 19.5. The van der Waals surface area contributed by atoms with E-state index in [1.807, 2.05) is 26.0 Å². The Kier molecular flexibility index (Phi) is 6.10. The number of amides is 2. The van der Waals surface area contributed by atoms with Gasteiger partial charge in [0, 0.05) is 35.6 Å². The number of halogens is 2. The summed E-state index contributed by atoms with van der Waals surface area (Å²) in [5.74, 6) is -0.0546. The standard InChI is InChI=1S/C19H25Cl2N3O2/c1-12(2)23-11-17(25)24(10-16-8-7-15(21)9-22-16)18(19(23)26)13-3-5-14(20)6-4-13/h3-6,12,15-16,18,22H,7-11H2,1-2H3. The van der Waals surface area contributed by atoms with Gasteiger partial charge in [0.15, 0.2) is 0 Å². The fourth-order valence-corrected chi connectivity index (χ4v) is 3.98. The highest BCUT2D eigenvalue weighted by Crippen LogP contribution is 2.30. The Bertz CT molecular complexity index is 657. The Hall–Kier alpha value is -1.30. The van der Waals surface area contributed by atoms with E-state index in [0.29, 0.717) is 11.6 Å². The second-order valence-electron chi connectivity index (χ2n) is 7.34. The molecule has 3 rings (SSSR count). The van der Waals surface area contributed by atoms with Gasteiger partial charge in [-0.15, -0.1) is 11.6 Å². The summed E-state index contributed by atoms with van der Waals surface area (Å²) in [7, 11) is 0. The van der Waals surface area contributed by atoms with E-state index >= 15 is 0 Å². The van der Waals surface area contributed by atoms with Gasteiger partial charge in [-0.25, -0.2) is 0 Å². The molecule has 2 aliphatic heterocycles. The van der Waals surface area contributed by atoms with Crippen LogP contribution in [0.4, 0.5) is 0 Å². The second-order valence-corrected chi connectivity index (χ2v) is 8.39. The highest BCUT2D eigenvalue weighted by atomic mass is 35.5. The summed E-state index contributed by atoms with van der Waals surface area (Å²) in [4.78, 5) is 29.4. The molecular weight excluding hydrogens is 373 g/mol. The molecule has 1 aromatic rings. The lowest BCUT2D eigenvalue weighted by Gasteiger charge is -2.44. The van der Waals surface area contributed by atoms with Gasteiger partial charge < -0.3 is 15.1 Å². The fraction of sp³-hybridized carbons (Fsp3) is 0.579. The summed E-state index contributed by atoms with van der Waals surface area (Å²) in [6, 6.07) is 6.72. The van der Waals surface area contributed by atoms with Crippen molar-refractivity contribution in [3.63, 3.8) is 0 Å². The highest BCUT2D eigenvalue weighted by molar-refractivity contribution is 6.30. The molecule has 0 saturated carbocycles. The molecule has 2 heterocycles. The van der Waals surface area contributed by atoms with E-state index in [1.54, 1.807) is 21.9 Å². The molecule has 0 spiro atoms. The first-order valence-electron chi connectivity index (χ1n) is 9.09. The van der Waals surface area contributed by atoms with E-state index in [0.717, 1.165) is 24.9 Å². The Morgan fingerprint density at radius 1 is 1.19 bits per heavy atom. The summed E-state index contributed by atoms with van der Waals surface area (Å²) in [5, 5.41) is 4.14. The van der Waals surface area contributed by atoms with Gasteiger partial charge in [0.1, 0.15) is 12.6 Å². The second kappa shape index (κ2) is 8.15. The Morgan fingerprint density at radius 2 is 1.88 bits per heavy atom. The van der Waals surface area contributed by atoms with Crippen molar-refractivity contribution < 1.29 is 9.59 Å². The van der Waals surface area contributed by atoms with Crippen LogP contribution in [0.25, 0.3) is 0 Å². The third kappa shape index (κ3) is 4.16. The first-order chi connectivity index (χ1) is 12.4. The van der Waals surface area contributed by atoms with Gasteiger partial charge in [-0.3, -0.25) is 9.59 Å². The summed E-state index contributed by atoms with van der Waals surface area (Å²) in [6.07, 6.45) is 1.81. The molecule has 3 atom stereocenters. The molecule has 2 aliphatic rings. The van der Waals surface area contributed by atoms with Crippen LogP contribution in [0.1, 0.15) is 38.3 Å². The number of piperazine rings is 1. The van der Waals surface area contributed by atoms with Crippen LogP contribution in [0.2, 0.25) is 5.02 Å². The first-order valence-corrected chi connectivity index (χ1v) is 9.91. The number of hydrogen-bond donors (Lipinski definition) is 1. The van der Waals surface area contributed by atoms with Gasteiger partial charge in [0.05, 0.1) is 0 Å². The van der Waals surface area contributed by atoms with E-state index in [1.165, 1.54) is 0 Å². The summed E-state index contributed by atoms with van der Waals surface area (Å²) < 4.78 is 0. The molecule has 3 unspecified atom stereocenters. The SMILES string of the molecule is CC(C)N1CC(=O)N(CC2CCC(Cl)CN2)C(c2ccc(Cl)cc2)C1=O. The van der Waals surface area contributed by atoms with Gasteiger partial charge in [-0.2, -0.15) is 0 Å². The lowest BCUT2D eigenvalue weighted by Crippen LogP contribution is -2.60. The zero-order valence-corrected chi connectivity index (χ0v) is 16.6. The lowest BCUT2D eigenvalue weighted by atomic mass is 9.97. The fourth-order valence-electron chi connectivity index (χ4n) is 3.63. The van der Waals surface area contributed by atoms with Crippen LogP contribution in [0.5, 0.6) is 0 Å². The minimum absolute atomic E-state index is 0.0202. The number of alkyl halides is 1. The third-order valence-corrected chi connectivity index (χ3v) is 5.76. The van der Waals surface area contributed by atoms with Crippen molar-refractivity contribution >= 4 is 35.0 Å². The predicted octanol–water partition coefficient (Wildman–Crippen LogP) is 2.82. The zero-order valence-electron chi connectivity index (χ0n) is 15.1. The molecule has 0 radical (unpaired) electrons. The quantitative estimate of drug-likeness (QED) is 0.794. The van der Waals surface area contributed by atoms with E-state index in [9.17, 15) is 9.59 Å². The molecule has 7 heteroatoms. The largest absolute Gasteiger partial charge is 0.329 e. The summed E-state index contributed by atoms with van der Waals surface area (Å²) in [6.45, 7) is 5.23. The minimum Gasteiger partial charge on any atom is -0.329 e. The number of carbonyl (C=O) groups excluding carboxylic acids is 2. The highest BCUT2D eigenvalue weighted by Gasteiger charge is 2.42. The molecule has 2 amide bonds. The topological polar surface area (TPSA) is 52.7 Å². The van der Waals surface area contributed by atoms with Crippen molar-refractivity contribution in [1.29, 1.82) is 0 Å². The van der Waals surface area contributed by atoms with Gasteiger partial charge in [-0.1, -0.05) is 23.7 Å². The van der Waals surface area contributed by atoms with Crippen LogP contribution in [0, 0.1) is 0 Å². The Balaban J connectivity index is 1.87. The summed E-state index contributed by atoms with van der Waals surface area (Å²) in [5.41, 5.74) is 0.795. The van der Waals surface area contributed by atoms with Crippen LogP contribution in [0.3, 0.4) is 0 Å². The molecule has 2 saturated heterocycles. The molecule has 0 aliphatic carbocycles. The average molecular weight is 398 g/mol. The number of piperidine rings is 1. The van der Waals surface area contributed by atoms with Crippen LogP contribution in [-0.2, 0) is 9.59 Å². The van der Waals surface area contributed by atoms with Crippen LogP contribution in [0.15, 0.2) is 24.3 Å². The third-order valence-electron chi connectivity index (χ3n) is 5.14. The molecule has 1 N–H and O–H groups in total. The van der Waals surface area contributed by atoms with Crippen molar-refractivity contribution in [2.24, 2.45) is 0 Å². The van der Waals surface area contributed by atoms with Crippen molar-refractivity contribution in [2.45, 2.75) is 50.2 Å². The number of hydrogen-bond acceptors (Lipinski definition) is 3. The van der Waals surface area contributed by atoms with Gasteiger partial charge >= 0.3 is 0 Å². The minimum atomic E-state index is -0.605. The smallest absolute Gasteiger partial charge is 0.250 e. The number of carbonyl (C=O) groups is 2. The molecule has 0 bridgehead atoms. The maximum atomic E-state index is 13.2. The van der Waals surface area contributed by atoms with Crippen LogP contribution in [-0.4, -0.2) is 58.7 Å². The number of nitrogens with zero attached hydrogens (tertiary/aromatic N) is 2. The maximum Gasteiger partial charge on any atom is 0.250 e. The lowest BCUT2D eigenvalue weighted by molar-refractivity contribution is -0.158. The van der Waals surface area contributed by atoms with E-state index < -0.39 is 6.04 Å². The van der Waals surface area contributed by atoms with E-state index in [-0.39, 0.29) is 35.8 Å². The molecule has 2 fully saturated rings. The van der Waals surface area contributed by atoms with Crippen LogP contribution < -0.4 is 5.32 Å². The number of rotatable bonds is 4. The molecule has 5 nitrogen and oxygen atoms in total. The van der Waals surface area contributed by atoms with Gasteiger partial charge in [-0.05, 0) is 44.4 Å². The Morgan fingerprint density at radius 3 is 2.46 bits per heavy atom.